The number of carbonyl (C=O) groups excluding carboxylic acids is 3. The van der Waals surface area contributed by atoms with Crippen LogP contribution in [0.25, 0.3) is 10.9 Å². The van der Waals surface area contributed by atoms with Gasteiger partial charge in [0.15, 0.2) is 0 Å². The predicted molar refractivity (Wildman–Crippen MR) is 133 cm³/mol. The Kier molecular flexibility index (Phi) is 7.11. The van der Waals surface area contributed by atoms with Crippen molar-refractivity contribution in [1.29, 1.82) is 0 Å². The molecule has 8 nitrogen and oxygen atoms in total. The summed E-state index contributed by atoms with van der Waals surface area (Å²) in [5.74, 6) is -0.603. The number of anilines is 1. The van der Waals surface area contributed by atoms with Crippen molar-refractivity contribution < 1.29 is 23.9 Å². The molecular weight excluding hydrogens is 446 g/mol. The van der Waals surface area contributed by atoms with Gasteiger partial charge in [0.2, 0.25) is 5.91 Å². The average molecular weight is 472 g/mol. The van der Waals surface area contributed by atoms with Crippen molar-refractivity contribution in [3.63, 3.8) is 0 Å². The van der Waals surface area contributed by atoms with Crippen LogP contribution in [0.1, 0.15) is 26.3 Å². The van der Waals surface area contributed by atoms with Gasteiger partial charge in [0.1, 0.15) is 11.8 Å². The van der Waals surface area contributed by atoms with E-state index in [1.54, 1.807) is 55.6 Å². The lowest BCUT2D eigenvalue weighted by Crippen LogP contribution is -2.45. The molecule has 4 aromatic rings. The number of ether oxygens (including phenoxy) is 2. The molecule has 0 aliphatic carbocycles. The number of hydrogen-bond donors (Lipinski definition) is 3. The van der Waals surface area contributed by atoms with Crippen molar-refractivity contribution in [3.8, 4) is 5.75 Å². The van der Waals surface area contributed by atoms with Gasteiger partial charge in [-0.2, -0.15) is 0 Å². The first-order valence-corrected chi connectivity index (χ1v) is 11.0. The fourth-order valence-corrected chi connectivity index (χ4v) is 3.75. The molecule has 0 radical (unpaired) electrons. The summed E-state index contributed by atoms with van der Waals surface area (Å²) in [7, 11) is 2.85. The highest BCUT2D eigenvalue weighted by Crippen LogP contribution is 2.20. The molecule has 178 valence electrons. The van der Waals surface area contributed by atoms with Gasteiger partial charge in [0.05, 0.1) is 19.8 Å². The maximum atomic E-state index is 13.3. The van der Waals surface area contributed by atoms with Crippen molar-refractivity contribution in [2.24, 2.45) is 0 Å². The van der Waals surface area contributed by atoms with Crippen molar-refractivity contribution in [3.05, 3.63) is 95.7 Å². The number of para-hydroxylation sites is 1. The van der Waals surface area contributed by atoms with Crippen LogP contribution in [0.4, 0.5) is 5.69 Å². The Morgan fingerprint density at radius 2 is 1.57 bits per heavy atom. The number of rotatable bonds is 8. The summed E-state index contributed by atoms with van der Waals surface area (Å²) in [5, 5.41) is 6.66. The van der Waals surface area contributed by atoms with Crippen LogP contribution in [0, 0.1) is 0 Å². The van der Waals surface area contributed by atoms with Crippen LogP contribution >= 0.6 is 0 Å². The highest BCUT2D eigenvalue weighted by atomic mass is 16.5. The average Bonchev–Trinajstić information content (AvgIpc) is 3.31. The van der Waals surface area contributed by atoms with Gasteiger partial charge in [-0.1, -0.05) is 18.2 Å². The molecule has 0 fully saturated rings. The van der Waals surface area contributed by atoms with Gasteiger partial charge < -0.3 is 25.1 Å². The van der Waals surface area contributed by atoms with Crippen molar-refractivity contribution in [1.82, 2.24) is 10.3 Å². The van der Waals surface area contributed by atoms with Gasteiger partial charge in [-0.15, -0.1) is 0 Å². The number of nitrogens with one attached hydrogen (secondary N) is 3. The van der Waals surface area contributed by atoms with Crippen LogP contribution in [0.2, 0.25) is 0 Å². The second-order valence-electron chi connectivity index (χ2n) is 7.88. The molecule has 0 saturated heterocycles. The Morgan fingerprint density at radius 3 is 2.26 bits per heavy atom. The van der Waals surface area contributed by atoms with E-state index in [1.807, 2.05) is 30.5 Å². The molecular formula is C27H25N3O5. The highest BCUT2D eigenvalue weighted by Gasteiger charge is 2.24. The van der Waals surface area contributed by atoms with Crippen molar-refractivity contribution in [2.45, 2.75) is 12.5 Å². The van der Waals surface area contributed by atoms with E-state index in [4.69, 9.17) is 9.47 Å². The summed E-state index contributed by atoms with van der Waals surface area (Å²) in [6, 6.07) is 19.9. The van der Waals surface area contributed by atoms with E-state index in [-0.39, 0.29) is 18.2 Å². The fourth-order valence-electron chi connectivity index (χ4n) is 3.75. The minimum absolute atomic E-state index is 0.276. The molecule has 4 rings (SSSR count). The Morgan fingerprint density at radius 1 is 0.886 bits per heavy atom. The summed E-state index contributed by atoms with van der Waals surface area (Å²) in [4.78, 5) is 41.1. The molecule has 8 heteroatoms. The first kappa shape index (κ1) is 23.6. The zero-order valence-electron chi connectivity index (χ0n) is 19.3. The summed E-state index contributed by atoms with van der Waals surface area (Å²) in [6.45, 7) is 0. The van der Waals surface area contributed by atoms with Crippen LogP contribution < -0.4 is 15.4 Å². The molecule has 3 aromatic carbocycles. The van der Waals surface area contributed by atoms with Crippen LogP contribution in [-0.4, -0.2) is 43.0 Å². The van der Waals surface area contributed by atoms with Gasteiger partial charge in [-0.05, 0) is 60.2 Å². The maximum absolute atomic E-state index is 13.3. The zero-order valence-corrected chi connectivity index (χ0v) is 19.3. The van der Waals surface area contributed by atoms with Gasteiger partial charge >= 0.3 is 5.97 Å². The number of fused-ring (bicyclic) bond motifs is 1. The maximum Gasteiger partial charge on any atom is 0.337 e. The minimum atomic E-state index is -0.857. The molecule has 1 heterocycles. The van der Waals surface area contributed by atoms with Crippen LogP contribution in [0.15, 0.2) is 79.0 Å². The predicted octanol–water partition coefficient (Wildman–Crippen LogP) is 3.94. The van der Waals surface area contributed by atoms with E-state index < -0.39 is 12.0 Å². The summed E-state index contributed by atoms with van der Waals surface area (Å²) >= 11 is 0. The molecule has 0 aliphatic rings. The monoisotopic (exact) mass is 471 g/mol. The van der Waals surface area contributed by atoms with Crippen LogP contribution in [-0.2, 0) is 16.0 Å². The standard InChI is InChI=1S/C27H25N3O5/c1-34-21-13-9-17(10-14-21)25(31)30-24(15-19-16-28-23-6-4-3-5-22(19)23)26(32)29-20-11-7-18(8-12-20)27(33)35-2/h3-14,16,24,28H,15H2,1-2H3,(H,29,32)(H,30,31)/t24-/m0/s1. The van der Waals surface area contributed by atoms with Crippen LogP contribution in [0.3, 0.4) is 0 Å². The third kappa shape index (κ3) is 5.50. The summed E-state index contributed by atoms with van der Waals surface area (Å²) in [6.07, 6.45) is 2.12. The first-order valence-electron chi connectivity index (χ1n) is 11.0. The number of esters is 1. The van der Waals surface area contributed by atoms with Crippen molar-refractivity contribution >= 4 is 34.4 Å². The lowest BCUT2D eigenvalue weighted by molar-refractivity contribution is -0.118. The third-order valence-electron chi connectivity index (χ3n) is 5.65. The Hall–Kier alpha value is -4.59. The molecule has 0 spiro atoms. The van der Waals surface area contributed by atoms with Gasteiger partial charge in [-0.25, -0.2) is 4.79 Å². The molecule has 0 aliphatic heterocycles. The lowest BCUT2D eigenvalue weighted by Gasteiger charge is -2.19. The Balaban J connectivity index is 1.56. The van der Waals surface area contributed by atoms with E-state index in [2.05, 4.69) is 15.6 Å². The van der Waals surface area contributed by atoms with Gasteiger partial charge in [0.25, 0.3) is 5.91 Å². The molecule has 0 bridgehead atoms. The van der Waals surface area contributed by atoms with E-state index in [1.165, 1.54) is 7.11 Å². The topological polar surface area (TPSA) is 110 Å². The molecule has 3 N–H and O–H groups in total. The lowest BCUT2D eigenvalue weighted by atomic mass is 10.0. The number of carbonyl (C=O) groups is 3. The molecule has 0 saturated carbocycles. The van der Waals surface area contributed by atoms with E-state index >= 15 is 0 Å². The molecule has 0 unspecified atom stereocenters. The van der Waals surface area contributed by atoms with Gasteiger partial charge in [-0.3, -0.25) is 9.59 Å². The number of aromatic amines is 1. The molecule has 35 heavy (non-hydrogen) atoms. The van der Waals surface area contributed by atoms with E-state index in [0.717, 1.165) is 16.5 Å². The molecule has 1 atom stereocenters. The number of H-pyrrole nitrogens is 1. The number of amides is 2. The normalized spacial score (nSPS) is 11.5. The first-order chi connectivity index (χ1) is 17.0. The SMILES string of the molecule is COC(=O)c1ccc(NC(=O)[C@H](Cc2c[nH]c3ccccc23)NC(=O)c2ccc(OC)cc2)cc1. The molecule has 2 amide bonds. The number of aromatic nitrogens is 1. The quantitative estimate of drug-likeness (QED) is 0.337. The number of hydrogen-bond acceptors (Lipinski definition) is 5. The largest absolute Gasteiger partial charge is 0.497 e. The highest BCUT2D eigenvalue weighted by molar-refractivity contribution is 6.02. The smallest absolute Gasteiger partial charge is 0.337 e. The second kappa shape index (κ2) is 10.6. The van der Waals surface area contributed by atoms with Crippen molar-refractivity contribution in [2.75, 3.05) is 19.5 Å². The molecule has 1 aromatic heterocycles. The van der Waals surface area contributed by atoms with E-state index in [0.29, 0.717) is 22.6 Å². The van der Waals surface area contributed by atoms with Crippen LogP contribution in [0.5, 0.6) is 5.75 Å². The summed E-state index contributed by atoms with van der Waals surface area (Å²) < 4.78 is 9.85. The van der Waals surface area contributed by atoms with E-state index in [9.17, 15) is 14.4 Å². The minimum Gasteiger partial charge on any atom is -0.497 e. The summed E-state index contributed by atoms with van der Waals surface area (Å²) in [5.41, 5.74) is 3.11. The Bertz CT molecular complexity index is 1340. The number of methoxy groups -OCH3 is 2. The van der Waals surface area contributed by atoms with Gasteiger partial charge in [0, 0.05) is 34.8 Å². The second-order valence-corrected chi connectivity index (χ2v) is 7.88. The number of benzene rings is 3. The Labute approximate surface area is 202 Å². The zero-order chi connectivity index (χ0) is 24.8. The third-order valence-corrected chi connectivity index (χ3v) is 5.65. The fraction of sp³-hybridized carbons (Fsp3) is 0.148.